The second kappa shape index (κ2) is 11.4. The van der Waals surface area contributed by atoms with E-state index in [-0.39, 0.29) is 23.4 Å². The number of amides is 1. The van der Waals surface area contributed by atoms with Crippen molar-refractivity contribution in [3.63, 3.8) is 0 Å². The molecule has 1 amide bonds. The number of hydrogen-bond donors (Lipinski definition) is 0. The van der Waals surface area contributed by atoms with Crippen molar-refractivity contribution in [3.8, 4) is 5.69 Å². The molecular formula is C29H36ClN3O2. The SMILES string of the molecule is CCCCCCN(C(=O)C1CCCC1)C(C)c1nc2ccccc2c(=O)n1-c1cccc(Cl)c1C. The normalized spacial score (nSPS) is 15.0. The van der Waals surface area contributed by atoms with Crippen LogP contribution in [0.2, 0.25) is 5.02 Å². The highest BCUT2D eigenvalue weighted by molar-refractivity contribution is 6.31. The number of fused-ring (bicyclic) bond motifs is 1. The van der Waals surface area contributed by atoms with Crippen LogP contribution in [0.5, 0.6) is 0 Å². The van der Waals surface area contributed by atoms with Gasteiger partial charge in [0.1, 0.15) is 5.82 Å². The van der Waals surface area contributed by atoms with Gasteiger partial charge in [-0.1, -0.05) is 68.8 Å². The lowest BCUT2D eigenvalue weighted by atomic mass is 10.0. The fourth-order valence-corrected chi connectivity index (χ4v) is 5.42. The molecule has 1 heterocycles. The summed E-state index contributed by atoms with van der Waals surface area (Å²) in [6, 6.07) is 12.7. The molecule has 4 rings (SSSR count). The highest BCUT2D eigenvalue weighted by Gasteiger charge is 2.32. The van der Waals surface area contributed by atoms with Crippen LogP contribution in [0.4, 0.5) is 0 Å². The van der Waals surface area contributed by atoms with E-state index in [1.807, 2.05) is 61.2 Å². The van der Waals surface area contributed by atoms with Crippen molar-refractivity contribution >= 4 is 28.4 Å². The van der Waals surface area contributed by atoms with Crippen LogP contribution in [0, 0.1) is 12.8 Å². The highest BCUT2D eigenvalue weighted by atomic mass is 35.5. The van der Waals surface area contributed by atoms with Crippen LogP contribution in [-0.4, -0.2) is 26.9 Å². The Morgan fingerprint density at radius 1 is 1.11 bits per heavy atom. The summed E-state index contributed by atoms with van der Waals surface area (Å²) >= 11 is 6.46. The molecule has 0 radical (unpaired) electrons. The smallest absolute Gasteiger partial charge is 0.266 e. The lowest BCUT2D eigenvalue weighted by Gasteiger charge is -2.33. The summed E-state index contributed by atoms with van der Waals surface area (Å²) in [5.41, 5.74) is 2.04. The molecule has 0 saturated heterocycles. The Balaban J connectivity index is 1.85. The molecule has 0 aliphatic heterocycles. The molecule has 1 saturated carbocycles. The van der Waals surface area contributed by atoms with Crippen LogP contribution < -0.4 is 5.56 Å². The lowest BCUT2D eigenvalue weighted by molar-refractivity contribution is -0.137. The van der Waals surface area contributed by atoms with Crippen molar-refractivity contribution in [1.82, 2.24) is 14.5 Å². The largest absolute Gasteiger partial charge is 0.333 e. The molecular weight excluding hydrogens is 458 g/mol. The van der Waals surface area contributed by atoms with Gasteiger partial charge < -0.3 is 4.90 Å². The topological polar surface area (TPSA) is 55.2 Å². The molecule has 0 N–H and O–H groups in total. The first-order chi connectivity index (χ1) is 16.9. The quantitative estimate of drug-likeness (QED) is 0.301. The first-order valence-corrected chi connectivity index (χ1v) is 13.4. The Labute approximate surface area is 213 Å². The van der Waals surface area contributed by atoms with Crippen molar-refractivity contribution in [1.29, 1.82) is 0 Å². The van der Waals surface area contributed by atoms with Crippen LogP contribution >= 0.6 is 11.6 Å². The monoisotopic (exact) mass is 493 g/mol. The van der Waals surface area contributed by atoms with Crippen molar-refractivity contribution in [2.45, 2.75) is 78.2 Å². The van der Waals surface area contributed by atoms with Gasteiger partial charge in [-0.25, -0.2) is 4.98 Å². The number of carbonyl (C=O) groups excluding carboxylic acids is 1. The number of benzene rings is 2. The average molecular weight is 494 g/mol. The molecule has 1 aliphatic carbocycles. The molecule has 2 aromatic carbocycles. The zero-order valence-corrected chi connectivity index (χ0v) is 21.9. The summed E-state index contributed by atoms with van der Waals surface area (Å²) in [4.78, 5) is 34.5. The van der Waals surface area contributed by atoms with Crippen molar-refractivity contribution < 1.29 is 4.79 Å². The maximum atomic E-state index is 13.8. The van der Waals surface area contributed by atoms with Crippen molar-refractivity contribution in [2.75, 3.05) is 6.54 Å². The maximum absolute atomic E-state index is 13.8. The zero-order valence-electron chi connectivity index (χ0n) is 21.1. The van der Waals surface area contributed by atoms with Gasteiger partial charge in [0.05, 0.1) is 22.6 Å². The lowest BCUT2D eigenvalue weighted by Crippen LogP contribution is -2.40. The van der Waals surface area contributed by atoms with Gasteiger partial charge in [0, 0.05) is 17.5 Å². The van der Waals surface area contributed by atoms with Crippen molar-refractivity contribution in [3.05, 3.63) is 69.2 Å². The molecule has 35 heavy (non-hydrogen) atoms. The van der Waals surface area contributed by atoms with E-state index in [0.29, 0.717) is 34.0 Å². The Kier molecular flexibility index (Phi) is 8.27. The van der Waals surface area contributed by atoms with Crippen molar-refractivity contribution in [2.24, 2.45) is 5.92 Å². The molecule has 6 heteroatoms. The number of para-hydroxylation sites is 1. The predicted octanol–water partition coefficient (Wildman–Crippen LogP) is 7.01. The van der Waals surface area contributed by atoms with Gasteiger partial charge in [0.15, 0.2) is 0 Å². The molecule has 5 nitrogen and oxygen atoms in total. The van der Waals surface area contributed by atoms with Crippen LogP contribution in [-0.2, 0) is 4.79 Å². The molecule has 186 valence electrons. The number of rotatable bonds is 9. The summed E-state index contributed by atoms with van der Waals surface area (Å²) in [5, 5.41) is 1.15. The predicted molar refractivity (Wildman–Crippen MR) is 143 cm³/mol. The van der Waals surface area contributed by atoms with E-state index in [9.17, 15) is 9.59 Å². The van der Waals surface area contributed by atoms with E-state index in [2.05, 4.69) is 6.92 Å². The van der Waals surface area contributed by atoms with Gasteiger partial charge in [-0.2, -0.15) is 0 Å². The van der Waals surface area contributed by atoms with Gasteiger partial charge in [-0.3, -0.25) is 14.2 Å². The second-order valence-electron chi connectivity index (χ2n) is 9.76. The molecule has 0 spiro atoms. The molecule has 1 fully saturated rings. The minimum Gasteiger partial charge on any atom is -0.333 e. The third kappa shape index (κ3) is 5.30. The Morgan fingerprint density at radius 2 is 1.86 bits per heavy atom. The number of hydrogen-bond acceptors (Lipinski definition) is 3. The summed E-state index contributed by atoms with van der Waals surface area (Å²) < 4.78 is 1.68. The van der Waals surface area contributed by atoms with Crippen LogP contribution in [0.3, 0.4) is 0 Å². The van der Waals surface area contributed by atoms with E-state index >= 15 is 0 Å². The maximum Gasteiger partial charge on any atom is 0.266 e. The van der Waals surface area contributed by atoms with Gasteiger partial charge in [0.2, 0.25) is 5.91 Å². The van der Waals surface area contributed by atoms with Gasteiger partial charge in [-0.15, -0.1) is 0 Å². The fraction of sp³-hybridized carbons (Fsp3) is 0.483. The number of aromatic nitrogens is 2. The first kappa shape index (κ1) is 25.4. The Morgan fingerprint density at radius 3 is 2.60 bits per heavy atom. The van der Waals surface area contributed by atoms with E-state index in [0.717, 1.165) is 56.9 Å². The molecule has 3 aromatic rings. The van der Waals surface area contributed by atoms with Gasteiger partial charge >= 0.3 is 0 Å². The number of carbonyl (C=O) groups is 1. The zero-order chi connectivity index (χ0) is 24.9. The molecule has 1 unspecified atom stereocenters. The Hall–Kier alpha value is -2.66. The molecule has 1 aromatic heterocycles. The molecule has 1 atom stereocenters. The van der Waals surface area contributed by atoms with Gasteiger partial charge in [-0.05, 0) is 62.9 Å². The number of unbranched alkanes of at least 4 members (excludes halogenated alkanes) is 3. The fourth-order valence-electron chi connectivity index (χ4n) is 5.25. The highest BCUT2D eigenvalue weighted by Crippen LogP contribution is 2.32. The summed E-state index contributed by atoms with van der Waals surface area (Å²) in [5.74, 6) is 0.848. The molecule has 1 aliphatic rings. The standard InChI is InChI=1S/C29H36ClN3O2/c1-4-5-6-11-19-32(28(34)22-13-7-8-14-22)21(3)27-31-25-17-10-9-15-23(25)29(35)33(27)26-18-12-16-24(30)20(26)2/h9-10,12,15-18,21-22H,4-8,11,13-14,19H2,1-3H3. The van der Waals surface area contributed by atoms with Crippen LogP contribution in [0.15, 0.2) is 47.3 Å². The minimum absolute atomic E-state index is 0.0668. The summed E-state index contributed by atoms with van der Waals surface area (Å²) in [7, 11) is 0. The van der Waals surface area contributed by atoms with E-state index in [1.165, 1.54) is 0 Å². The second-order valence-corrected chi connectivity index (χ2v) is 10.2. The van der Waals surface area contributed by atoms with E-state index < -0.39 is 0 Å². The number of nitrogens with zero attached hydrogens (tertiary/aromatic N) is 3. The first-order valence-electron chi connectivity index (χ1n) is 13.0. The Bertz CT molecular complexity index is 1250. The third-order valence-corrected chi connectivity index (χ3v) is 7.77. The third-order valence-electron chi connectivity index (χ3n) is 7.36. The minimum atomic E-state index is -0.347. The van der Waals surface area contributed by atoms with Gasteiger partial charge in [0.25, 0.3) is 5.56 Å². The van der Waals surface area contributed by atoms with E-state index in [4.69, 9.17) is 16.6 Å². The average Bonchev–Trinajstić information content (AvgIpc) is 3.41. The van der Waals surface area contributed by atoms with Crippen LogP contribution in [0.1, 0.15) is 82.6 Å². The van der Waals surface area contributed by atoms with Crippen LogP contribution in [0.25, 0.3) is 16.6 Å². The molecule has 0 bridgehead atoms. The number of halogens is 1. The summed E-state index contributed by atoms with van der Waals surface area (Å²) in [6.45, 7) is 6.79. The van der Waals surface area contributed by atoms with E-state index in [1.54, 1.807) is 4.57 Å². The summed E-state index contributed by atoms with van der Waals surface area (Å²) in [6.07, 6.45) is 8.44.